The van der Waals surface area contributed by atoms with Crippen LogP contribution in [-0.2, 0) is 0 Å². The van der Waals surface area contributed by atoms with Crippen LogP contribution in [0.1, 0.15) is 59.8 Å². The number of nitrogens with two attached hydrogens (primary N) is 1. The molecule has 2 nitrogen and oxygen atoms in total. The van der Waals surface area contributed by atoms with Gasteiger partial charge in [-0.2, -0.15) is 0 Å². The van der Waals surface area contributed by atoms with Crippen molar-refractivity contribution in [2.75, 3.05) is 26.2 Å². The van der Waals surface area contributed by atoms with E-state index in [9.17, 15) is 0 Å². The molecule has 0 aliphatic carbocycles. The molecule has 0 fully saturated rings. The minimum atomic E-state index is 0.834. The van der Waals surface area contributed by atoms with Crippen molar-refractivity contribution in [3.05, 3.63) is 0 Å². The van der Waals surface area contributed by atoms with Crippen LogP contribution < -0.4 is 5.73 Å². The minimum absolute atomic E-state index is 0.834. The highest BCUT2D eigenvalue weighted by molar-refractivity contribution is 4.63. The van der Waals surface area contributed by atoms with Gasteiger partial charge in [-0.3, -0.25) is 0 Å². The fraction of sp³-hybridized carbons (Fsp3) is 1.00. The maximum absolute atomic E-state index is 5.64. The second kappa shape index (κ2) is 11.0. The molecule has 2 unspecified atom stereocenters. The van der Waals surface area contributed by atoms with Crippen LogP contribution in [0.15, 0.2) is 0 Å². The molecule has 0 saturated heterocycles. The summed E-state index contributed by atoms with van der Waals surface area (Å²) in [6.07, 6.45) is 6.47. The molecular formula is C15H34N2. The van der Waals surface area contributed by atoms with Crippen LogP contribution in [0.25, 0.3) is 0 Å². The van der Waals surface area contributed by atoms with Gasteiger partial charge in [0.15, 0.2) is 0 Å². The van der Waals surface area contributed by atoms with Crippen LogP contribution in [0.5, 0.6) is 0 Å². The molecule has 0 aliphatic heterocycles. The summed E-state index contributed by atoms with van der Waals surface area (Å²) in [5, 5.41) is 0. The summed E-state index contributed by atoms with van der Waals surface area (Å²) >= 11 is 0. The molecule has 2 N–H and O–H groups in total. The van der Waals surface area contributed by atoms with Gasteiger partial charge in [-0.05, 0) is 50.7 Å². The van der Waals surface area contributed by atoms with Crippen molar-refractivity contribution in [2.45, 2.75) is 59.8 Å². The first-order valence-corrected chi connectivity index (χ1v) is 7.60. The third-order valence-electron chi connectivity index (χ3n) is 3.95. The lowest BCUT2D eigenvalue weighted by Gasteiger charge is -2.24. The molecule has 0 radical (unpaired) electrons. The van der Waals surface area contributed by atoms with E-state index >= 15 is 0 Å². The zero-order chi connectivity index (χ0) is 13.1. The van der Waals surface area contributed by atoms with Crippen LogP contribution in [0, 0.1) is 11.8 Å². The highest BCUT2D eigenvalue weighted by Gasteiger charge is 2.09. The molecule has 0 aromatic heterocycles. The summed E-state index contributed by atoms with van der Waals surface area (Å²) in [7, 11) is 0. The molecule has 2 atom stereocenters. The van der Waals surface area contributed by atoms with Gasteiger partial charge in [0, 0.05) is 6.54 Å². The predicted molar refractivity (Wildman–Crippen MR) is 78.3 cm³/mol. The highest BCUT2D eigenvalue weighted by Crippen LogP contribution is 2.15. The molecule has 17 heavy (non-hydrogen) atoms. The van der Waals surface area contributed by atoms with Gasteiger partial charge in [-0.15, -0.1) is 0 Å². The molecule has 0 rings (SSSR count). The van der Waals surface area contributed by atoms with Crippen molar-refractivity contribution in [1.29, 1.82) is 0 Å². The largest absolute Gasteiger partial charge is 0.330 e. The number of rotatable bonds is 11. The Balaban J connectivity index is 3.74. The zero-order valence-corrected chi connectivity index (χ0v) is 12.5. The Bertz CT molecular complexity index is 159. The van der Waals surface area contributed by atoms with E-state index in [1.807, 2.05) is 0 Å². The Morgan fingerprint density at radius 3 is 2.24 bits per heavy atom. The molecule has 104 valence electrons. The van der Waals surface area contributed by atoms with E-state index in [1.54, 1.807) is 0 Å². The second-order valence-electron chi connectivity index (χ2n) is 5.40. The van der Waals surface area contributed by atoms with E-state index in [1.165, 1.54) is 51.7 Å². The number of nitrogens with zero attached hydrogens (tertiary/aromatic N) is 1. The molecule has 0 amide bonds. The van der Waals surface area contributed by atoms with Gasteiger partial charge in [-0.25, -0.2) is 0 Å². The van der Waals surface area contributed by atoms with Gasteiger partial charge in [0.2, 0.25) is 0 Å². The van der Waals surface area contributed by atoms with E-state index in [-0.39, 0.29) is 0 Å². The van der Waals surface area contributed by atoms with E-state index in [0.717, 1.165) is 18.4 Å². The fourth-order valence-electron chi connectivity index (χ4n) is 2.34. The maximum atomic E-state index is 5.64. The maximum Gasteiger partial charge on any atom is 0.000680 e. The first-order valence-electron chi connectivity index (χ1n) is 7.60. The Labute approximate surface area is 109 Å². The third-order valence-corrected chi connectivity index (χ3v) is 3.95. The van der Waals surface area contributed by atoms with Crippen molar-refractivity contribution in [2.24, 2.45) is 17.6 Å². The van der Waals surface area contributed by atoms with Gasteiger partial charge >= 0.3 is 0 Å². The van der Waals surface area contributed by atoms with Gasteiger partial charge in [-0.1, -0.05) is 40.5 Å². The summed E-state index contributed by atoms with van der Waals surface area (Å²) in [5.41, 5.74) is 5.64. The van der Waals surface area contributed by atoms with Gasteiger partial charge < -0.3 is 10.6 Å². The quantitative estimate of drug-likeness (QED) is 0.601. The minimum Gasteiger partial charge on any atom is -0.330 e. The van der Waals surface area contributed by atoms with Crippen LogP contribution in [-0.4, -0.2) is 31.1 Å². The molecule has 0 bridgehead atoms. The Morgan fingerprint density at radius 1 is 1.06 bits per heavy atom. The van der Waals surface area contributed by atoms with Crippen LogP contribution in [0.2, 0.25) is 0 Å². The first-order chi connectivity index (χ1) is 8.17. The predicted octanol–water partition coefficient (Wildman–Crippen LogP) is 3.51. The Morgan fingerprint density at radius 2 is 1.76 bits per heavy atom. The van der Waals surface area contributed by atoms with Crippen molar-refractivity contribution in [3.63, 3.8) is 0 Å². The van der Waals surface area contributed by atoms with Crippen molar-refractivity contribution in [1.82, 2.24) is 4.90 Å². The first kappa shape index (κ1) is 16.9. The Kier molecular flexibility index (Phi) is 11.0. The van der Waals surface area contributed by atoms with Crippen molar-refractivity contribution >= 4 is 0 Å². The zero-order valence-electron chi connectivity index (χ0n) is 12.5. The smallest absolute Gasteiger partial charge is 0.000680 e. The SMILES string of the molecule is CCC(C)CN(CC)CCCC(CC)CCN. The average Bonchev–Trinajstić information content (AvgIpc) is 2.35. The number of hydrogen-bond donors (Lipinski definition) is 1. The standard InChI is InChI=1S/C15H34N2/c1-5-14(4)13-17(7-3)12-8-9-15(6-2)10-11-16/h14-15H,5-13,16H2,1-4H3. The Hall–Kier alpha value is -0.0800. The van der Waals surface area contributed by atoms with Crippen molar-refractivity contribution < 1.29 is 0 Å². The summed E-state index contributed by atoms with van der Waals surface area (Å²) in [5.74, 6) is 1.68. The fourth-order valence-corrected chi connectivity index (χ4v) is 2.34. The van der Waals surface area contributed by atoms with Gasteiger partial charge in [0.05, 0.1) is 0 Å². The summed E-state index contributed by atoms with van der Waals surface area (Å²) in [4.78, 5) is 2.60. The molecule has 2 heteroatoms. The normalized spacial score (nSPS) is 15.2. The van der Waals surface area contributed by atoms with E-state index in [4.69, 9.17) is 5.73 Å². The van der Waals surface area contributed by atoms with Gasteiger partial charge in [0.1, 0.15) is 0 Å². The lowest BCUT2D eigenvalue weighted by atomic mass is 9.96. The monoisotopic (exact) mass is 242 g/mol. The second-order valence-corrected chi connectivity index (χ2v) is 5.40. The summed E-state index contributed by atoms with van der Waals surface area (Å²) in [6.45, 7) is 13.8. The average molecular weight is 242 g/mol. The molecule has 0 aromatic carbocycles. The summed E-state index contributed by atoms with van der Waals surface area (Å²) in [6, 6.07) is 0. The van der Waals surface area contributed by atoms with E-state index in [2.05, 4.69) is 32.6 Å². The third kappa shape index (κ3) is 8.62. The molecule has 0 saturated carbocycles. The molecular weight excluding hydrogens is 208 g/mol. The molecule has 0 heterocycles. The van der Waals surface area contributed by atoms with Crippen LogP contribution in [0.4, 0.5) is 0 Å². The van der Waals surface area contributed by atoms with E-state index < -0.39 is 0 Å². The molecule has 0 aromatic rings. The highest BCUT2D eigenvalue weighted by atomic mass is 15.1. The van der Waals surface area contributed by atoms with E-state index in [0.29, 0.717) is 0 Å². The summed E-state index contributed by atoms with van der Waals surface area (Å²) < 4.78 is 0. The van der Waals surface area contributed by atoms with Crippen LogP contribution in [0.3, 0.4) is 0 Å². The van der Waals surface area contributed by atoms with Crippen molar-refractivity contribution in [3.8, 4) is 0 Å². The molecule has 0 spiro atoms. The topological polar surface area (TPSA) is 29.3 Å². The number of hydrogen-bond acceptors (Lipinski definition) is 2. The van der Waals surface area contributed by atoms with Gasteiger partial charge in [0.25, 0.3) is 0 Å². The lowest BCUT2D eigenvalue weighted by Crippen LogP contribution is -2.29. The molecule has 0 aliphatic rings. The van der Waals surface area contributed by atoms with Crippen LogP contribution >= 0.6 is 0 Å². The lowest BCUT2D eigenvalue weighted by molar-refractivity contribution is 0.234.